The second-order valence-corrected chi connectivity index (χ2v) is 31.9. The number of allylic oxidation sites excluding steroid dienone is 1. The monoisotopic (exact) mass is 1540 g/mol. The molecular formula is C89H100ClN15O8. The molecule has 4 aromatic carbocycles. The summed E-state index contributed by atoms with van der Waals surface area (Å²) in [5.74, 6) is 0.496. The summed E-state index contributed by atoms with van der Waals surface area (Å²) >= 11 is 6.43. The van der Waals surface area contributed by atoms with E-state index in [9.17, 15) is 19.2 Å². The molecule has 15 heterocycles. The summed E-state index contributed by atoms with van der Waals surface area (Å²) in [7, 11) is 0. The van der Waals surface area contributed by atoms with Gasteiger partial charge in [-0.15, -0.1) is 0 Å². The number of para-hydroxylation sites is 1. The Morgan fingerprint density at radius 2 is 0.814 bits per heavy atom. The molecule has 586 valence electrons. The summed E-state index contributed by atoms with van der Waals surface area (Å²) < 4.78 is 31.2. The van der Waals surface area contributed by atoms with E-state index >= 15 is 0 Å². The van der Waals surface area contributed by atoms with E-state index in [0.29, 0.717) is 55.4 Å². The number of rotatable bonds is 8. The first kappa shape index (κ1) is 75.5. The molecule has 7 aromatic heterocycles. The Balaban J connectivity index is 0.000000109. The van der Waals surface area contributed by atoms with Gasteiger partial charge in [0.05, 0.1) is 46.9 Å². The quantitative estimate of drug-likeness (QED) is 0.149. The number of nitrogens with one attached hydrogen (secondary N) is 1. The van der Waals surface area contributed by atoms with Crippen LogP contribution in [0.1, 0.15) is 171 Å². The average molecular weight is 1540 g/mol. The number of hydrogen-bond acceptors (Lipinski definition) is 14. The smallest absolute Gasteiger partial charge is 0.219 e. The van der Waals surface area contributed by atoms with Gasteiger partial charge in [0.2, 0.25) is 23.6 Å². The maximum Gasteiger partial charge on any atom is 0.219 e. The fourth-order valence-corrected chi connectivity index (χ4v) is 18.9. The van der Waals surface area contributed by atoms with Crippen LogP contribution in [0.15, 0.2) is 110 Å². The predicted molar refractivity (Wildman–Crippen MR) is 436 cm³/mol. The molecule has 0 atom stereocenters. The van der Waals surface area contributed by atoms with Crippen molar-refractivity contribution in [2.75, 3.05) is 79.0 Å². The van der Waals surface area contributed by atoms with Crippen LogP contribution in [0, 0.1) is 13.8 Å². The van der Waals surface area contributed by atoms with E-state index in [-0.39, 0.29) is 23.6 Å². The minimum Gasteiger partial charge on any atom is -0.381 e. The van der Waals surface area contributed by atoms with Crippen LogP contribution in [0.3, 0.4) is 0 Å². The van der Waals surface area contributed by atoms with E-state index in [1.165, 1.54) is 78.1 Å². The standard InChI is InChI=1S/C23H26N4O2.C22H23ClN4O2.C22H26N4O2.C22H25N3O2/c1-15-3-4-19(20-13-24-9-5-18(15)20)23-21-14-26(16(2)28)10-6-22(21)27(25-23)17-7-11-29-12-8-17;1-14(28)26-9-5-21-19(13-26)22(25-27(21)15-6-10-29-11-7-15)17-2-3-20(23)16-4-8-24-12-18(16)17;1-14-21(17-5-3-4-6-19(17)23-14)22-18-13-25(15(2)27)10-7-20(18)26(24-22)16-8-11-28-12-9-16;1-15(26)24-11-8-21-20(14-24)22(23-25(21)17-9-12-27-13-10-17)19-7-3-5-16-4-2-6-18(16)19/h3-5,9,13,17H,6-8,10-12,14H2,1-2H3;2-4,8,12,15H,5-7,9-11,13H2,1H3;3-6,16,23H,7-13H2,1-2H3;2-5,7,17H,6,8-14H2,1H3. The van der Waals surface area contributed by atoms with Crippen molar-refractivity contribution in [1.82, 2.24) is 73.7 Å². The molecular weight excluding hydrogens is 1440 g/mol. The fourth-order valence-electron chi connectivity index (χ4n) is 18.6. The zero-order valence-corrected chi connectivity index (χ0v) is 66.4. The number of aromatic nitrogens is 11. The van der Waals surface area contributed by atoms with Gasteiger partial charge in [-0.05, 0) is 118 Å². The number of benzene rings is 4. The molecule has 0 saturated carbocycles. The third-order valence-electron chi connectivity index (χ3n) is 24.8. The van der Waals surface area contributed by atoms with E-state index in [2.05, 4.69) is 120 Å². The van der Waals surface area contributed by atoms with Crippen LogP contribution >= 0.6 is 11.6 Å². The van der Waals surface area contributed by atoms with Crippen molar-refractivity contribution in [3.8, 4) is 45.0 Å². The molecule has 4 saturated heterocycles. The fraction of sp³-hybridized carbons (Fsp3) is 0.438. The summed E-state index contributed by atoms with van der Waals surface area (Å²) in [5.41, 5.74) is 24.6. The molecule has 20 rings (SSSR count). The van der Waals surface area contributed by atoms with Crippen molar-refractivity contribution in [3.63, 3.8) is 0 Å². The number of pyridine rings is 2. The largest absolute Gasteiger partial charge is 0.381 e. The first-order valence-electron chi connectivity index (χ1n) is 40.6. The summed E-state index contributed by atoms with van der Waals surface area (Å²) in [5, 5.41) is 26.8. The van der Waals surface area contributed by atoms with Crippen molar-refractivity contribution in [2.45, 2.75) is 175 Å². The Kier molecular flexibility index (Phi) is 21.9. The van der Waals surface area contributed by atoms with Crippen molar-refractivity contribution < 1.29 is 38.1 Å². The summed E-state index contributed by atoms with van der Waals surface area (Å²) in [6.07, 6.45) is 24.1. The number of fused-ring (bicyclic) bond motifs is 8. The molecule has 23 nitrogen and oxygen atoms in total. The van der Waals surface area contributed by atoms with Crippen LogP contribution in [-0.4, -0.2) is 176 Å². The molecule has 11 aromatic rings. The lowest BCUT2D eigenvalue weighted by Crippen LogP contribution is -2.35. The lowest BCUT2D eigenvalue weighted by Gasteiger charge is -2.29. The van der Waals surface area contributed by atoms with Crippen molar-refractivity contribution in [3.05, 3.63) is 182 Å². The van der Waals surface area contributed by atoms with E-state index in [4.69, 9.17) is 50.9 Å². The molecule has 0 radical (unpaired) electrons. The molecule has 4 fully saturated rings. The third-order valence-corrected chi connectivity index (χ3v) is 25.1. The number of nitrogens with zero attached hydrogens (tertiary/aromatic N) is 14. The Labute approximate surface area is 663 Å². The van der Waals surface area contributed by atoms with Gasteiger partial charge in [0, 0.05) is 288 Å². The molecule has 0 unspecified atom stereocenters. The average Bonchev–Trinajstić information content (AvgIpc) is 1.63. The molecule has 9 aliphatic rings. The van der Waals surface area contributed by atoms with Crippen LogP contribution in [0.25, 0.3) is 83.6 Å². The van der Waals surface area contributed by atoms with E-state index in [1.54, 1.807) is 33.9 Å². The van der Waals surface area contributed by atoms with Crippen molar-refractivity contribution >= 4 is 73.8 Å². The van der Waals surface area contributed by atoms with Crippen LogP contribution in [0.2, 0.25) is 5.02 Å². The number of halogens is 1. The van der Waals surface area contributed by atoms with Crippen LogP contribution < -0.4 is 0 Å². The summed E-state index contributed by atoms with van der Waals surface area (Å²) in [6.45, 7) is 22.7. The SMILES string of the molecule is CC(=O)N1CCc2c(c(-c3c(C)[nH]c4ccccc34)nn2C2CCOCC2)C1.CC(=O)N1CCc2c(c(-c3ccc(C)c4ccncc34)nn2C2CCOCC2)C1.CC(=O)N1CCc2c(c(-c3ccc(Cl)c4ccncc34)nn2C2CCOCC2)C1.CC(=O)N1CCc2c(c(-c3cccc4c3CC=C4)nn2C2CCOCC2)C1. The topological polar surface area (TPSA) is 231 Å². The van der Waals surface area contributed by atoms with Crippen LogP contribution in [-0.2, 0) is 96.4 Å². The van der Waals surface area contributed by atoms with E-state index < -0.39 is 0 Å². The maximum atomic E-state index is 12.1. The number of carbonyl (C=O) groups is 4. The third kappa shape index (κ3) is 14.9. The number of H-pyrrole nitrogens is 1. The highest BCUT2D eigenvalue weighted by Crippen LogP contribution is 2.44. The predicted octanol–water partition coefficient (Wildman–Crippen LogP) is 14.6. The zero-order chi connectivity index (χ0) is 77.5. The normalized spacial score (nSPS) is 18.0. The molecule has 0 spiro atoms. The maximum absolute atomic E-state index is 12.1. The number of amides is 4. The lowest BCUT2D eigenvalue weighted by molar-refractivity contribution is -0.130. The number of carbonyl (C=O) groups excluding carboxylic acids is 4. The highest BCUT2D eigenvalue weighted by atomic mass is 35.5. The molecule has 0 bridgehead atoms. The Morgan fingerprint density at radius 1 is 0.416 bits per heavy atom. The van der Waals surface area contributed by atoms with Gasteiger partial charge < -0.3 is 43.5 Å². The van der Waals surface area contributed by atoms with E-state index in [1.807, 2.05) is 56.4 Å². The highest BCUT2D eigenvalue weighted by Gasteiger charge is 2.37. The second kappa shape index (κ2) is 32.7. The molecule has 4 amide bonds. The molecule has 113 heavy (non-hydrogen) atoms. The van der Waals surface area contributed by atoms with Gasteiger partial charge in [0.15, 0.2) is 0 Å². The Bertz CT molecular complexity index is 5300. The van der Waals surface area contributed by atoms with Crippen molar-refractivity contribution in [2.24, 2.45) is 0 Å². The van der Waals surface area contributed by atoms with Gasteiger partial charge in [-0.3, -0.25) is 47.9 Å². The highest BCUT2D eigenvalue weighted by molar-refractivity contribution is 6.36. The van der Waals surface area contributed by atoms with Gasteiger partial charge in [0.1, 0.15) is 0 Å². The number of aromatic amines is 1. The minimum absolute atomic E-state index is 0.100. The first-order valence-corrected chi connectivity index (χ1v) is 41.0. The molecule has 24 heteroatoms. The molecule has 1 aliphatic carbocycles. The van der Waals surface area contributed by atoms with E-state index in [0.717, 1.165) is 229 Å². The second-order valence-electron chi connectivity index (χ2n) is 31.5. The number of ether oxygens (including phenoxy) is 4. The minimum atomic E-state index is 0.100. The number of aryl methyl sites for hydroxylation is 2. The summed E-state index contributed by atoms with van der Waals surface area (Å²) in [6, 6.07) is 28.6. The van der Waals surface area contributed by atoms with Gasteiger partial charge in [-0.25, -0.2) is 0 Å². The van der Waals surface area contributed by atoms with Gasteiger partial charge in [-0.2, -0.15) is 20.4 Å². The van der Waals surface area contributed by atoms with Crippen LogP contribution in [0.5, 0.6) is 0 Å². The van der Waals surface area contributed by atoms with Crippen molar-refractivity contribution in [1.29, 1.82) is 0 Å². The van der Waals surface area contributed by atoms with Gasteiger partial charge >= 0.3 is 0 Å². The lowest BCUT2D eigenvalue weighted by atomic mass is 9.95. The summed E-state index contributed by atoms with van der Waals surface area (Å²) in [4.78, 5) is 68.2. The molecule has 1 N–H and O–H groups in total. The van der Waals surface area contributed by atoms with Gasteiger partial charge in [0.25, 0.3) is 0 Å². The number of hydrogen-bond donors (Lipinski definition) is 1. The molecule has 8 aliphatic heterocycles. The van der Waals surface area contributed by atoms with Crippen LogP contribution in [0.4, 0.5) is 0 Å². The Hall–Kier alpha value is -10.2. The zero-order valence-electron chi connectivity index (χ0n) is 65.7. The Morgan fingerprint density at radius 3 is 1.27 bits per heavy atom. The van der Waals surface area contributed by atoms with Gasteiger partial charge in [-0.1, -0.05) is 78.4 Å². The first-order chi connectivity index (χ1) is 55.1.